The standard InChI is InChI=1S/C6H10N2O2/c1-5-7-3-4-8(5)6(9)10-2/h3-4H2,1-2H3. The quantitative estimate of drug-likeness (QED) is 0.494. The van der Waals surface area contributed by atoms with Crippen LogP contribution in [-0.2, 0) is 4.74 Å². The second-order valence-corrected chi connectivity index (χ2v) is 2.05. The number of hydrogen-bond donors (Lipinski definition) is 0. The highest BCUT2D eigenvalue weighted by Gasteiger charge is 2.19. The molecule has 0 saturated carbocycles. The van der Waals surface area contributed by atoms with Gasteiger partial charge in [0.05, 0.1) is 20.2 Å². The highest BCUT2D eigenvalue weighted by Crippen LogP contribution is 2.02. The van der Waals surface area contributed by atoms with Gasteiger partial charge in [-0.05, 0) is 6.92 Å². The summed E-state index contributed by atoms with van der Waals surface area (Å²) < 4.78 is 4.51. The largest absolute Gasteiger partial charge is 0.452 e. The van der Waals surface area contributed by atoms with E-state index in [0.29, 0.717) is 13.1 Å². The van der Waals surface area contributed by atoms with Gasteiger partial charge in [0.1, 0.15) is 5.84 Å². The van der Waals surface area contributed by atoms with Crippen molar-refractivity contribution in [2.45, 2.75) is 6.92 Å². The van der Waals surface area contributed by atoms with Gasteiger partial charge in [-0.1, -0.05) is 0 Å². The first kappa shape index (κ1) is 7.05. The second-order valence-electron chi connectivity index (χ2n) is 2.05. The smallest absolute Gasteiger partial charge is 0.414 e. The molecule has 0 aromatic heterocycles. The fraction of sp³-hybridized carbons (Fsp3) is 0.667. The summed E-state index contributed by atoms with van der Waals surface area (Å²) in [5.41, 5.74) is 0. The molecule has 0 atom stereocenters. The van der Waals surface area contributed by atoms with Gasteiger partial charge in [-0.2, -0.15) is 0 Å². The summed E-state index contributed by atoms with van der Waals surface area (Å²) in [6, 6.07) is 0. The van der Waals surface area contributed by atoms with Crippen molar-refractivity contribution in [3.8, 4) is 0 Å². The Bertz CT molecular complexity index is 177. The lowest BCUT2D eigenvalue weighted by Gasteiger charge is -2.12. The molecule has 1 rings (SSSR count). The SMILES string of the molecule is COC(=O)N1CCN=C1C. The average Bonchev–Trinajstić information content (AvgIpc) is 2.34. The number of amides is 1. The van der Waals surface area contributed by atoms with E-state index in [-0.39, 0.29) is 6.09 Å². The van der Waals surface area contributed by atoms with Gasteiger partial charge in [-0.25, -0.2) is 4.79 Å². The van der Waals surface area contributed by atoms with Crippen molar-refractivity contribution >= 4 is 11.9 Å². The topological polar surface area (TPSA) is 41.9 Å². The highest BCUT2D eigenvalue weighted by atomic mass is 16.5. The van der Waals surface area contributed by atoms with E-state index in [1.807, 2.05) is 0 Å². The number of hydrogen-bond acceptors (Lipinski definition) is 3. The van der Waals surface area contributed by atoms with Crippen LogP contribution < -0.4 is 0 Å². The zero-order chi connectivity index (χ0) is 7.56. The van der Waals surface area contributed by atoms with Gasteiger partial charge in [0.25, 0.3) is 0 Å². The first-order chi connectivity index (χ1) is 4.75. The molecule has 0 aliphatic carbocycles. The van der Waals surface area contributed by atoms with Crippen LogP contribution in [0.5, 0.6) is 0 Å². The highest BCUT2D eigenvalue weighted by molar-refractivity contribution is 5.95. The van der Waals surface area contributed by atoms with E-state index in [9.17, 15) is 4.79 Å². The van der Waals surface area contributed by atoms with E-state index < -0.39 is 0 Å². The van der Waals surface area contributed by atoms with Crippen LogP contribution >= 0.6 is 0 Å². The van der Waals surface area contributed by atoms with E-state index in [2.05, 4.69) is 9.73 Å². The molecule has 0 fully saturated rings. The minimum atomic E-state index is -0.321. The third-order valence-corrected chi connectivity index (χ3v) is 1.45. The number of carbonyl (C=O) groups excluding carboxylic acids is 1. The Morgan fingerprint density at radius 1 is 1.80 bits per heavy atom. The Hall–Kier alpha value is -1.06. The molecule has 4 nitrogen and oxygen atoms in total. The molecule has 0 spiro atoms. The van der Waals surface area contributed by atoms with Crippen molar-refractivity contribution < 1.29 is 9.53 Å². The van der Waals surface area contributed by atoms with Crippen LogP contribution in [0.1, 0.15) is 6.92 Å². The molecule has 1 aliphatic heterocycles. The lowest BCUT2D eigenvalue weighted by molar-refractivity contribution is 0.148. The maximum absolute atomic E-state index is 10.8. The van der Waals surface area contributed by atoms with Crippen molar-refractivity contribution in [2.75, 3.05) is 20.2 Å². The fourth-order valence-electron chi connectivity index (χ4n) is 0.893. The van der Waals surface area contributed by atoms with Gasteiger partial charge in [0, 0.05) is 0 Å². The summed E-state index contributed by atoms with van der Waals surface area (Å²) in [5, 5.41) is 0. The number of carbonyl (C=O) groups is 1. The predicted octanol–water partition coefficient (Wildman–Crippen LogP) is 0.487. The molecule has 0 saturated heterocycles. The summed E-state index contributed by atoms with van der Waals surface area (Å²) >= 11 is 0. The number of amidine groups is 1. The minimum Gasteiger partial charge on any atom is -0.452 e. The molecule has 0 unspecified atom stereocenters. The third kappa shape index (κ3) is 1.10. The van der Waals surface area contributed by atoms with Crippen LogP contribution in [0.3, 0.4) is 0 Å². The Kier molecular flexibility index (Phi) is 1.89. The van der Waals surface area contributed by atoms with Gasteiger partial charge in [-0.15, -0.1) is 0 Å². The number of aliphatic imine (C=N–C) groups is 1. The van der Waals surface area contributed by atoms with E-state index in [4.69, 9.17) is 0 Å². The minimum absolute atomic E-state index is 0.321. The first-order valence-electron chi connectivity index (χ1n) is 3.12. The van der Waals surface area contributed by atoms with Gasteiger partial charge in [-0.3, -0.25) is 9.89 Å². The fourth-order valence-corrected chi connectivity index (χ4v) is 0.893. The van der Waals surface area contributed by atoms with E-state index in [1.54, 1.807) is 6.92 Å². The number of rotatable bonds is 0. The first-order valence-corrected chi connectivity index (χ1v) is 3.12. The Labute approximate surface area is 59.5 Å². The molecular formula is C6H10N2O2. The summed E-state index contributed by atoms with van der Waals surface area (Å²) in [6.07, 6.45) is -0.321. The van der Waals surface area contributed by atoms with Gasteiger partial charge < -0.3 is 4.74 Å². The van der Waals surface area contributed by atoms with E-state index >= 15 is 0 Å². The van der Waals surface area contributed by atoms with Crippen LogP contribution in [0.4, 0.5) is 4.79 Å². The Morgan fingerprint density at radius 3 is 2.90 bits per heavy atom. The van der Waals surface area contributed by atoms with Crippen molar-refractivity contribution in [1.29, 1.82) is 0 Å². The number of nitrogens with zero attached hydrogens (tertiary/aromatic N) is 2. The van der Waals surface area contributed by atoms with Crippen LogP contribution in [0, 0.1) is 0 Å². The molecule has 1 amide bonds. The molecule has 0 N–H and O–H groups in total. The maximum atomic E-state index is 10.8. The molecule has 56 valence electrons. The lowest BCUT2D eigenvalue weighted by Crippen LogP contribution is -2.32. The molecule has 4 heteroatoms. The molecular weight excluding hydrogens is 132 g/mol. The number of methoxy groups -OCH3 is 1. The monoisotopic (exact) mass is 142 g/mol. The maximum Gasteiger partial charge on any atom is 0.414 e. The predicted molar refractivity (Wildman–Crippen MR) is 37.1 cm³/mol. The molecule has 0 aromatic rings. The summed E-state index contributed by atoms with van der Waals surface area (Å²) in [4.78, 5) is 16.4. The molecule has 1 heterocycles. The Balaban J connectivity index is 2.57. The lowest BCUT2D eigenvalue weighted by atomic mass is 10.6. The normalized spacial score (nSPS) is 17.0. The molecule has 0 bridgehead atoms. The van der Waals surface area contributed by atoms with Gasteiger partial charge in [0.2, 0.25) is 0 Å². The molecule has 1 aliphatic rings. The van der Waals surface area contributed by atoms with Crippen LogP contribution in [-0.4, -0.2) is 37.0 Å². The summed E-state index contributed by atoms with van der Waals surface area (Å²) in [6.45, 7) is 3.14. The summed E-state index contributed by atoms with van der Waals surface area (Å²) in [7, 11) is 1.37. The molecule has 0 radical (unpaired) electrons. The number of ether oxygens (including phenoxy) is 1. The third-order valence-electron chi connectivity index (χ3n) is 1.45. The van der Waals surface area contributed by atoms with Crippen molar-refractivity contribution in [3.63, 3.8) is 0 Å². The van der Waals surface area contributed by atoms with E-state index in [0.717, 1.165) is 5.84 Å². The molecule has 0 aromatic carbocycles. The van der Waals surface area contributed by atoms with Gasteiger partial charge >= 0.3 is 6.09 Å². The van der Waals surface area contributed by atoms with Crippen LogP contribution in [0.25, 0.3) is 0 Å². The summed E-state index contributed by atoms with van der Waals surface area (Å²) in [5.74, 6) is 0.742. The molecule has 10 heavy (non-hydrogen) atoms. The van der Waals surface area contributed by atoms with Crippen molar-refractivity contribution in [3.05, 3.63) is 0 Å². The van der Waals surface area contributed by atoms with Crippen LogP contribution in [0.15, 0.2) is 4.99 Å². The van der Waals surface area contributed by atoms with Crippen molar-refractivity contribution in [1.82, 2.24) is 4.90 Å². The Morgan fingerprint density at radius 2 is 2.50 bits per heavy atom. The second kappa shape index (κ2) is 2.68. The zero-order valence-electron chi connectivity index (χ0n) is 6.13. The van der Waals surface area contributed by atoms with Crippen LogP contribution in [0.2, 0.25) is 0 Å². The zero-order valence-corrected chi connectivity index (χ0v) is 6.13. The van der Waals surface area contributed by atoms with Crippen molar-refractivity contribution in [2.24, 2.45) is 4.99 Å². The average molecular weight is 142 g/mol. The van der Waals surface area contributed by atoms with E-state index in [1.165, 1.54) is 12.0 Å². The van der Waals surface area contributed by atoms with Gasteiger partial charge in [0.15, 0.2) is 0 Å².